The molecule has 2 heterocycles. The zero-order chi connectivity index (χ0) is 22.1. The molecule has 4 rings (SSSR count). The molecule has 158 valence electrons. The number of fused-ring (bicyclic) bond motifs is 2. The normalized spacial score (nSPS) is 11.1. The summed E-state index contributed by atoms with van der Waals surface area (Å²) < 4.78 is 6.38. The summed E-state index contributed by atoms with van der Waals surface area (Å²) in [6.07, 6.45) is 0. The van der Waals surface area contributed by atoms with Crippen molar-refractivity contribution in [2.75, 3.05) is 26.0 Å². The Kier molecular flexibility index (Phi) is 5.14. The molecule has 2 aromatic carbocycles. The lowest BCUT2D eigenvalue weighted by molar-refractivity contribution is -0.268. The summed E-state index contributed by atoms with van der Waals surface area (Å²) >= 11 is 0. The summed E-state index contributed by atoms with van der Waals surface area (Å²) in [6, 6.07) is 10.9. The number of nitrogens with two attached hydrogens (primary N) is 1. The molecular formula is C21H18N5O5-. The highest BCUT2D eigenvalue weighted by atomic mass is 16.5. The highest BCUT2D eigenvalue weighted by molar-refractivity contribution is 6.11. The van der Waals surface area contributed by atoms with Crippen molar-refractivity contribution in [3.63, 3.8) is 0 Å². The van der Waals surface area contributed by atoms with E-state index < -0.39 is 23.2 Å². The second kappa shape index (κ2) is 7.92. The number of para-hydroxylation sites is 2. The number of ether oxygens (including phenoxy) is 1. The zero-order valence-corrected chi connectivity index (χ0v) is 16.5. The number of nitrogens with zero attached hydrogens (tertiary/aromatic N) is 3. The van der Waals surface area contributed by atoms with E-state index >= 15 is 0 Å². The Morgan fingerprint density at radius 1 is 1.19 bits per heavy atom. The lowest BCUT2D eigenvalue weighted by Crippen LogP contribution is -2.27. The van der Waals surface area contributed by atoms with Gasteiger partial charge in [-0.25, -0.2) is 14.8 Å². The van der Waals surface area contributed by atoms with E-state index in [0.29, 0.717) is 17.6 Å². The number of carboxylic acids is 1. The molecule has 0 atom stereocenters. The predicted octanol–water partition coefficient (Wildman–Crippen LogP) is 1.30. The fourth-order valence-electron chi connectivity index (χ4n) is 3.33. The molecule has 0 bridgehead atoms. The molecule has 0 aliphatic heterocycles. The highest BCUT2D eigenvalue weighted by Crippen LogP contribution is 2.32. The van der Waals surface area contributed by atoms with Crippen molar-refractivity contribution >= 4 is 39.9 Å². The summed E-state index contributed by atoms with van der Waals surface area (Å²) in [5, 5.41) is 23.9. The van der Waals surface area contributed by atoms with E-state index in [4.69, 9.17) is 10.5 Å². The van der Waals surface area contributed by atoms with E-state index in [0.717, 1.165) is 6.07 Å². The predicted molar refractivity (Wildman–Crippen MR) is 111 cm³/mol. The molecule has 0 aliphatic carbocycles. The van der Waals surface area contributed by atoms with Crippen molar-refractivity contribution in [2.45, 2.75) is 0 Å². The second-order valence-corrected chi connectivity index (χ2v) is 6.71. The van der Waals surface area contributed by atoms with Crippen LogP contribution in [-0.2, 0) is 4.74 Å². The summed E-state index contributed by atoms with van der Waals surface area (Å²) in [6.45, 7) is 0.572. The number of benzene rings is 2. The molecule has 31 heavy (non-hydrogen) atoms. The minimum Gasteiger partial charge on any atom is -0.872 e. The molecular weight excluding hydrogens is 402 g/mol. The van der Waals surface area contributed by atoms with Crippen LogP contribution in [0.2, 0.25) is 0 Å². The fourth-order valence-corrected chi connectivity index (χ4v) is 3.33. The lowest BCUT2D eigenvalue weighted by Gasteiger charge is -2.14. The third-order valence-corrected chi connectivity index (χ3v) is 4.77. The van der Waals surface area contributed by atoms with Gasteiger partial charge in [-0.3, -0.25) is 9.36 Å². The smallest absolute Gasteiger partial charge is 0.335 e. The number of nitrogens with one attached hydrogen (secondary N) is 1. The van der Waals surface area contributed by atoms with Crippen LogP contribution in [0.5, 0.6) is 5.75 Å². The molecule has 0 radical (unpaired) electrons. The second-order valence-electron chi connectivity index (χ2n) is 6.71. The minimum absolute atomic E-state index is 0.0233. The average Bonchev–Trinajstić information content (AvgIpc) is 3.03. The van der Waals surface area contributed by atoms with Gasteiger partial charge >= 0.3 is 5.97 Å². The molecule has 4 N–H and O–H groups in total. The van der Waals surface area contributed by atoms with Crippen LogP contribution in [0, 0.1) is 0 Å². The van der Waals surface area contributed by atoms with Crippen molar-refractivity contribution in [2.24, 2.45) is 0 Å². The first-order chi connectivity index (χ1) is 14.9. The summed E-state index contributed by atoms with van der Waals surface area (Å²) in [5.74, 6) is -2.45. The van der Waals surface area contributed by atoms with Gasteiger partial charge in [0.2, 0.25) is 0 Å². The van der Waals surface area contributed by atoms with Gasteiger partial charge in [-0.05, 0) is 24.3 Å². The van der Waals surface area contributed by atoms with Gasteiger partial charge in [-0.2, -0.15) is 0 Å². The summed E-state index contributed by atoms with van der Waals surface area (Å²) in [5.41, 5.74) is 7.97. The molecule has 4 aromatic rings. The van der Waals surface area contributed by atoms with Gasteiger partial charge in [0.05, 0.1) is 23.2 Å². The number of methoxy groups -OCH3 is 1. The van der Waals surface area contributed by atoms with E-state index in [1.807, 2.05) is 0 Å². The van der Waals surface area contributed by atoms with Gasteiger partial charge in [0, 0.05) is 19.3 Å². The van der Waals surface area contributed by atoms with Crippen molar-refractivity contribution in [1.29, 1.82) is 0 Å². The number of carbonyl (C=O) groups excluding carboxylic acids is 1. The van der Waals surface area contributed by atoms with E-state index in [9.17, 15) is 19.8 Å². The van der Waals surface area contributed by atoms with Crippen molar-refractivity contribution < 1.29 is 24.5 Å². The molecule has 2 aromatic heterocycles. The zero-order valence-electron chi connectivity index (χ0n) is 16.5. The third kappa shape index (κ3) is 3.49. The van der Waals surface area contributed by atoms with Crippen LogP contribution in [0.15, 0.2) is 42.5 Å². The molecule has 0 spiro atoms. The molecule has 0 fully saturated rings. The number of anilines is 1. The Labute approximate surface area is 175 Å². The van der Waals surface area contributed by atoms with Crippen LogP contribution < -0.4 is 16.2 Å². The largest absolute Gasteiger partial charge is 0.872 e. The summed E-state index contributed by atoms with van der Waals surface area (Å²) in [7, 11) is 1.52. The van der Waals surface area contributed by atoms with Crippen molar-refractivity contribution in [1.82, 2.24) is 19.9 Å². The Morgan fingerprint density at radius 2 is 1.90 bits per heavy atom. The van der Waals surface area contributed by atoms with Crippen LogP contribution in [0.3, 0.4) is 0 Å². The van der Waals surface area contributed by atoms with Crippen molar-refractivity contribution in [3.05, 3.63) is 53.6 Å². The molecule has 1 amide bonds. The number of amides is 1. The molecule has 0 unspecified atom stereocenters. The standard InChI is InChI=1S/C21H19N5O5/c1-31-9-8-23-20(28)16-17-19(25-14-5-3-2-4-13(14)24-17)26(18(16)22)11-6-7-15(27)12(10-11)21(29)30/h2-7,10,27H,8-9,22H2,1H3,(H,23,28)(H,29,30)/p-1. The van der Waals surface area contributed by atoms with E-state index in [2.05, 4.69) is 15.3 Å². The minimum atomic E-state index is -1.36. The van der Waals surface area contributed by atoms with Gasteiger partial charge in [0.25, 0.3) is 5.91 Å². The number of carboxylic acid groups (broad SMARTS) is 1. The molecule has 10 heteroatoms. The molecule has 0 aliphatic rings. The van der Waals surface area contributed by atoms with Crippen LogP contribution in [-0.4, -0.2) is 51.8 Å². The molecule has 0 saturated heterocycles. The van der Waals surface area contributed by atoms with Crippen LogP contribution in [0.4, 0.5) is 5.82 Å². The SMILES string of the molecule is COCCNC(=O)c1c(N)n(-c2ccc([O-])c(C(=O)O)c2)c2nc3ccccc3nc12. The Balaban J connectivity index is 2.00. The number of rotatable bonds is 6. The van der Waals surface area contributed by atoms with Gasteiger partial charge in [-0.1, -0.05) is 23.9 Å². The van der Waals surface area contributed by atoms with E-state index in [1.54, 1.807) is 24.3 Å². The lowest BCUT2D eigenvalue weighted by atomic mass is 10.1. The number of aromatic nitrogens is 3. The number of carbonyl (C=O) groups is 2. The first-order valence-corrected chi connectivity index (χ1v) is 9.31. The molecule has 10 nitrogen and oxygen atoms in total. The van der Waals surface area contributed by atoms with Crippen LogP contribution >= 0.6 is 0 Å². The maximum absolute atomic E-state index is 12.9. The Morgan fingerprint density at radius 3 is 2.58 bits per heavy atom. The average molecular weight is 420 g/mol. The maximum Gasteiger partial charge on any atom is 0.335 e. The quantitative estimate of drug-likeness (QED) is 0.394. The molecule has 0 saturated carbocycles. The summed E-state index contributed by atoms with van der Waals surface area (Å²) in [4.78, 5) is 33.5. The number of nitrogen functional groups attached to an aromatic ring is 1. The number of aromatic carboxylic acids is 1. The monoisotopic (exact) mass is 420 g/mol. The number of hydrogen-bond donors (Lipinski definition) is 3. The van der Waals surface area contributed by atoms with Crippen molar-refractivity contribution in [3.8, 4) is 11.4 Å². The van der Waals surface area contributed by atoms with Gasteiger partial charge < -0.3 is 26.0 Å². The van der Waals surface area contributed by atoms with Gasteiger partial charge in [-0.15, -0.1) is 0 Å². The van der Waals surface area contributed by atoms with E-state index in [1.165, 1.54) is 23.8 Å². The fraction of sp³-hybridized carbons (Fsp3) is 0.143. The maximum atomic E-state index is 12.9. The van der Waals surface area contributed by atoms with E-state index in [-0.39, 0.29) is 34.8 Å². The topological polar surface area (TPSA) is 155 Å². The van der Waals surface area contributed by atoms with Crippen LogP contribution in [0.25, 0.3) is 27.9 Å². The Hall–Kier alpha value is -4.18. The highest BCUT2D eigenvalue weighted by Gasteiger charge is 2.25. The van der Waals surface area contributed by atoms with Gasteiger partial charge in [0.1, 0.15) is 16.9 Å². The van der Waals surface area contributed by atoms with Crippen LogP contribution in [0.1, 0.15) is 20.7 Å². The third-order valence-electron chi connectivity index (χ3n) is 4.77. The van der Waals surface area contributed by atoms with Gasteiger partial charge in [0.15, 0.2) is 5.65 Å². The number of hydrogen-bond acceptors (Lipinski definition) is 7. The first kappa shape index (κ1) is 20.1. The first-order valence-electron chi connectivity index (χ1n) is 9.31. The Bertz CT molecular complexity index is 1330.